The Labute approximate surface area is 116 Å². The molecule has 3 nitrogen and oxygen atoms in total. The highest BCUT2D eigenvalue weighted by molar-refractivity contribution is 5.96. The summed E-state index contributed by atoms with van der Waals surface area (Å²) in [6.45, 7) is 3.99. The Morgan fingerprint density at radius 2 is 2.21 bits per heavy atom. The minimum absolute atomic E-state index is 0.219. The van der Waals surface area contributed by atoms with Crippen molar-refractivity contribution in [1.82, 2.24) is 10.2 Å². The summed E-state index contributed by atoms with van der Waals surface area (Å²) in [6, 6.07) is 8.46. The lowest BCUT2D eigenvalue weighted by molar-refractivity contribution is 0.0732. The van der Waals surface area contributed by atoms with Gasteiger partial charge in [-0.1, -0.05) is 25.1 Å². The van der Waals surface area contributed by atoms with Crippen LogP contribution >= 0.6 is 0 Å². The van der Waals surface area contributed by atoms with Crippen LogP contribution in [0.5, 0.6) is 0 Å². The molecule has 2 rings (SSSR count). The SMILES string of the molecule is CCC1CCCN1C(=O)c1ccccc1CCNC. The molecule has 1 N–H and O–H groups in total. The van der Waals surface area contributed by atoms with Gasteiger partial charge in [0.25, 0.3) is 5.91 Å². The number of carbonyl (C=O) groups excluding carboxylic acids is 1. The van der Waals surface area contributed by atoms with E-state index in [-0.39, 0.29) is 5.91 Å². The number of benzene rings is 1. The molecule has 1 atom stereocenters. The topological polar surface area (TPSA) is 32.3 Å². The minimum Gasteiger partial charge on any atom is -0.336 e. The van der Waals surface area contributed by atoms with E-state index in [0.717, 1.165) is 49.9 Å². The summed E-state index contributed by atoms with van der Waals surface area (Å²) < 4.78 is 0. The first-order chi connectivity index (χ1) is 9.27. The van der Waals surface area contributed by atoms with E-state index in [0.29, 0.717) is 6.04 Å². The van der Waals surface area contributed by atoms with Crippen LogP contribution in [0.25, 0.3) is 0 Å². The van der Waals surface area contributed by atoms with Gasteiger partial charge < -0.3 is 10.2 Å². The molecule has 0 spiro atoms. The summed E-state index contributed by atoms with van der Waals surface area (Å²) in [5, 5.41) is 3.15. The Balaban J connectivity index is 2.18. The van der Waals surface area contributed by atoms with E-state index in [2.05, 4.69) is 23.2 Å². The molecule has 1 aliphatic rings. The highest BCUT2D eigenvalue weighted by Crippen LogP contribution is 2.23. The van der Waals surface area contributed by atoms with Crippen LogP contribution in [-0.4, -0.2) is 37.0 Å². The number of amides is 1. The highest BCUT2D eigenvalue weighted by Gasteiger charge is 2.28. The normalized spacial score (nSPS) is 18.8. The van der Waals surface area contributed by atoms with Crippen molar-refractivity contribution in [2.45, 2.75) is 38.6 Å². The molecular formula is C16H24N2O. The van der Waals surface area contributed by atoms with Crippen LogP contribution in [0.3, 0.4) is 0 Å². The second-order valence-electron chi connectivity index (χ2n) is 5.21. The summed E-state index contributed by atoms with van der Waals surface area (Å²) in [7, 11) is 1.94. The number of hydrogen-bond acceptors (Lipinski definition) is 2. The summed E-state index contributed by atoms with van der Waals surface area (Å²) in [6.07, 6.45) is 4.26. The van der Waals surface area contributed by atoms with Gasteiger partial charge >= 0.3 is 0 Å². The Morgan fingerprint density at radius 1 is 1.42 bits per heavy atom. The second kappa shape index (κ2) is 6.71. The summed E-state index contributed by atoms with van der Waals surface area (Å²) >= 11 is 0. The molecule has 19 heavy (non-hydrogen) atoms. The van der Waals surface area contributed by atoms with Gasteiger partial charge in [0.15, 0.2) is 0 Å². The number of hydrogen-bond donors (Lipinski definition) is 1. The van der Waals surface area contributed by atoms with Gasteiger partial charge in [-0.25, -0.2) is 0 Å². The molecule has 0 aromatic heterocycles. The number of likely N-dealkylation sites (tertiary alicyclic amines) is 1. The Hall–Kier alpha value is -1.35. The number of rotatable bonds is 5. The second-order valence-corrected chi connectivity index (χ2v) is 5.21. The largest absolute Gasteiger partial charge is 0.336 e. The third-order valence-corrected chi connectivity index (χ3v) is 4.00. The van der Waals surface area contributed by atoms with Crippen molar-refractivity contribution in [1.29, 1.82) is 0 Å². The predicted molar refractivity (Wildman–Crippen MR) is 78.4 cm³/mol. The zero-order valence-electron chi connectivity index (χ0n) is 12.0. The van der Waals surface area contributed by atoms with Gasteiger partial charge in [-0.15, -0.1) is 0 Å². The van der Waals surface area contributed by atoms with Crippen molar-refractivity contribution in [2.24, 2.45) is 0 Å². The van der Waals surface area contributed by atoms with Crippen LogP contribution in [-0.2, 0) is 6.42 Å². The zero-order valence-corrected chi connectivity index (χ0v) is 12.0. The summed E-state index contributed by atoms with van der Waals surface area (Å²) in [4.78, 5) is 14.8. The monoisotopic (exact) mass is 260 g/mol. The van der Waals surface area contributed by atoms with Crippen molar-refractivity contribution in [3.63, 3.8) is 0 Å². The maximum Gasteiger partial charge on any atom is 0.254 e. The number of nitrogens with one attached hydrogen (secondary N) is 1. The molecule has 0 aliphatic carbocycles. The van der Waals surface area contributed by atoms with E-state index in [1.807, 2.05) is 25.2 Å². The van der Waals surface area contributed by atoms with Crippen LogP contribution in [0.1, 0.15) is 42.1 Å². The summed E-state index contributed by atoms with van der Waals surface area (Å²) in [5.74, 6) is 0.219. The van der Waals surface area contributed by atoms with Crippen molar-refractivity contribution in [3.05, 3.63) is 35.4 Å². The molecule has 3 heteroatoms. The number of carbonyl (C=O) groups is 1. The molecule has 1 fully saturated rings. The first kappa shape index (κ1) is 14.1. The fraction of sp³-hybridized carbons (Fsp3) is 0.562. The molecule has 1 aromatic carbocycles. The molecule has 0 radical (unpaired) electrons. The van der Waals surface area contributed by atoms with Crippen molar-refractivity contribution >= 4 is 5.91 Å². The van der Waals surface area contributed by atoms with Crippen LogP contribution in [0, 0.1) is 0 Å². The quantitative estimate of drug-likeness (QED) is 0.882. The van der Waals surface area contributed by atoms with Gasteiger partial charge in [-0.05, 0) is 50.9 Å². The zero-order chi connectivity index (χ0) is 13.7. The molecule has 1 amide bonds. The first-order valence-corrected chi connectivity index (χ1v) is 7.31. The maximum atomic E-state index is 12.7. The fourth-order valence-electron chi connectivity index (χ4n) is 2.89. The molecule has 1 aromatic rings. The minimum atomic E-state index is 0.219. The molecule has 0 saturated carbocycles. The molecule has 1 saturated heterocycles. The third-order valence-electron chi connectivity index (χ3n) is 4.00. The first-order valence-electron chi connectivity index (χ1n) is 7.31. The van der Waals surface area contributed by atoms with E-state index in [9.17, 15) is 4.79 Å². The van der Waals surface area contributed by atoms with Gasteiger partial charge in [-0.2, -0.15) is 0 Å². The fourth-order valence-corrected chi connectivity index (χ4v) is 2.89. The van der Waals surface area contributed by atoms with Gasteiger partial charge in [-0.3, -0.25) is 4.79 Å². The van der Waals surface area contributed by atoms with E-state index < -0.39 is 0 Å². The Morgan fingerprint density at radius 3 is 2.95 bits per heavy atom. The van der Waals surface area contributed by atoms with Gasteiger partial charge in [0.1, 0.15) is 0 Å². The van der Waals surface area contributed by atoms with Gasteiger partial charge in [0.05, 0.1) is 0 Å². The van der Waals surface area contributed by atoms with E-state index in [1.54, 1.807) is 0 Å². The van der Waals surface area contributed by atoms with Crippen LogP contribution in [0.15, 0.2) is 24.3 Å². The summed E-state index contributed by atoms with van der Waals surface area (Å²) in [5.41, 5.74) is 2.04. The smallest absolute Gasteiger partial charge is 0.254 e. The molecule has 104 valence electrons. The molecule has 1 heterocycles. The van der Waals surface area contributed by atoms with Crippen LogP contribution < -0.4 is 5.32 Å². The van der Waals surface area contributed by atoms with Crippen molar-refractivity contribution in [2.75, 3.05) is 20.1 Å². The average molecular weight is 260 g/mol. The average Bonchev–Trinajstić information content (AvgIpc) is 2.93. The molecule has 1 aliphatic heterocycles. The van der Waals surface area contributed by atoms with Crippen LogP contribution in [0.4, 0.5) is 0 Å². The molecule has 1 unspecified atom stereocenters. The standard InChI is InChI=1S/C16H24N2O/c1-3-14-8-6-12-18(14)16(19)15-9-5-4-7-13(15)10-11-17-2/h4-5,7,9,14,17H,3,6,8,10-12H2,1-2H3. The van der Waals surface area contributed by atoms with E-state index in [4.69, 9.17) is 0 Å². The predicted octanol–water partition coefficient (Wildman–Crippen LogP) is 2.46. The lowest BCUT2D eigenvalue weighted by Gasteiger charge is -2.24. The number of nitrogens with zero attached hydrogens (tertiary/aromatic N) is 1. The van der Waals surface area contributed by atoms with Crippen LogP contribution in [0.2, 0.25) is 0 Å². The Bertz CT molecular complexity index is 431. The lowest BCUT2D eigenvalue weighted by Crippen LogP contribution is -2.35. The lowest BCUT2D eigenvalue weighted by atomic mass is 10.0. The Kier molecular flexibility index (Phi) is 4.97. The van der Waals surface area contributed by atoms with Gasteiger partial charge in [0, 0.05) is 18.2 Å². The third kappa shape index (κ3) is 3.16. The maximum absolute atomic E-state index is 12.7. The highest BCUT2D eigenvalue weighted by atomic mass is 16.2. The van der Waals surface area contributed by atoms with E-state index >= 15 is 0 Å². The molecular weight excluding hydrogens is 236 g/mol. The van der Waals surface area contributed by atoms with Crippen molar-refractivity contribution < 1.29 is 4.79 Å². The molecule has 0 bridgehead atoms. The number of likely N-dealkylation sites (N-methyl/N-ethyl adjacent to an activating group) is 1. The van der Waals surface area contributed by atoms with E-state index in [1.165, 1.54) is 0 Å². The van der Waals surface area contributed by atoms with Gasteiger partial charge in [0.2, 0.25) is 0 Å². The van der Waals surface area contributed by atoms with Crippen molar-refractivity contribution in [3.8, 4) is 0 Å².